The second kappa shape index (κ2) is 9.61. The zero-order chi connectivity index (χ0) is 20.9. The highest BCUT2D eigenvalue weighted by atomic mass is 35.5. The maximum atomic E-state index is 12.3. The number of fused-ring (bicyclic) bond motifs is 1. The van der Waals surface area contributed by atoms with Gasteiger partial charge in [0.15, 0.2) is 5.71 Å². The molecule has 1 aliphatic rings. The number of nitrogens with one attached hydrogen (secondary N) is 1. The van der Waals surface area contributed by atoms with Gasteiger partial charge in [0.2, 0.25) is 5.90 Å². The van der Waals surface area contributed by atoms with Gasteiger partial charge < -0.3 is 9.84 Å². The SMILES string of the molecule is CCOP(=S)(OCC)O/C(=N/N=C1\C(=O)Nc2ccccc21)c1ccc(Cl)cc1. The van der Waals surface area contributed by atoms with Crippen LogP contribution < -0.4 is 5.32 Å². The summed E-state index contributed by atoms with van der Waals surface area (Å²) in [6.07, 6.45) is 0. The van der Waals surface area contributed by atoms with Crippen molar-refractivity contribution < 1.29 is 18.4 Å². The standard InChI is InChI=1S/C19H19ClN3O4PS/c1-3-25-28(29,26-4-2)27-19(13-9-11-14(20)12-10-13)23-22-17-15-7-5-6-8-16(15)21-18(17)24/h5-12H,3-4H2,1-2H3,(H,21,22,24)/b23-19+. The molecule has 2 aromatic rings. The molecule has 0 atom stereocenters. The normalized spacial score (nSPS) is 15.3. The highest BCUT2D eigenvalue weighted by molar-refractivity contribution is 8.07. The summed E-state index contributed by atoms with van der Waals surface area (Å²) in [5.74, 6) is -0.268. The molecule has 0 saturated carbocycles. The predicted molar refractivity (Wildman–Crippen MR) is 118 cm³/mol. The molecule has 0 radical (unpaired) electrons. The Hall–Kier alpha value is -2.09. The third-order valence-corrected chi connectivity index (χ3v) is 6.40. The number of hydrogen-bond donors (Lipinski definition) is 1. The molecular weight excluding hydrogens is 433 g/mol. The first kappa shape index (κ1) is 21.6. The predicted octanol–water partition coefficient (Wildman–Crippen LogP) is 4.76. The maximum Gasteiger partial charge on any atom is 0.381 e. The Bertz CT molecular complexity index is 1000. The lowest BCUT2D eigenvalue weighted by Crippen LogP contribution is -2.14. The van der Waals surface area contributed by atoms with E-state index in [1.165, 1.54) is 0 Å². The van der Waals surface area contributed by atoms with Crippen molar-refractivity contribution in [3.63, 3.8) is 0 Å². The summed E-state index contributed by atoms with van der Waals surface area (Å²) in [5.41, 5.74) is 2.08. The molecule has 0 saturated heterocycles. The Labute approximate surface area is 179 Å². The van der Waals surface area contributed by atoms with Crippen LogP contribution in [0.25, 0.3) is 0 Å². The van der Waals surface area contributed by atoms with E-state index < -0.39 is 6.72 Å². The average molecular weight is 452 g/mol. The maximum absolute atomic E-state index is 12.3. The fraction of sp³-hybridized carbons (Fsp3) is 0.211. The number of anilines is 1. The zero-order valence-electron chi connectivity index (χ0n) is 15.8. The van der Waals surface area contributed by atoms with E-state index >= 15 is 0 Å². The van der Waals surface area contributed by atoms with Crippen LogP contribution in [0.15, 0.2) is 58.7 Å². The fourth-order valence-corrected chi connectivity index (χ4v) is 4.67. The highest BCUT2D eigenvalue weighted by Crippen LogP contribution is 2.50. The van der Waals surface area contributed by atoms with Crippen LogP contribution in [0.3, 0.4) is 0 Å². The Morgan fingerprint density at radius 1 is 1.10 bits per heavy atom. The van der Waals surface area contributed by atoms with Gasteiger partial charge in [0.1, 0.15) is 0 Å². The summed E-state index contributed by atoms with van der Waals surface area (Å²) in [5, 5.41) is 11.6. The number of hydrogen-bond acceptors (Lipinski definition) is 7. The first-order valence-corrected chi connectivity index (χ1v) is 11.8. The molecule has 7 nitrogen and oxygen atoms in total. The highest BCUT2D eigenvalue weighted by Gasteiger charge is 2.27. The molecule has 1 aliphatic heterocycles. The minimum atomic E-state index is -3.10. The topological polar surface area (TPSA) is 81.5 Å². The zero-order valence-corrected chi connectivity index (χ0v) is 18.3. The van der Waals surface area contributed by atoms with Gasteiger partial charge in [0.05, 0.1) is 18.9 Å². The lowest BCUT2D eigenvalue weighted by molar-refractivity contribution is -0.110. The average Bonchev–Trinajstić information content (AvgIpc) is 3.01. The first-order chi connectivity index (χ1) is 14.0. The third kappa shape index (κ3) is 5.29. The molecule has 1 heterocycles. The van der Waals surface area contributed by atoms with Gasteiger partial charge in [-0.2, -0.15) is 0 Å². The van der Waals surface area contributed by atoms with E-state index in [1.54, 1.807) is 50.2 Å². The van der Waals surface area contributed by atoms with E-state index in [0.29, 0.717) is 35.1 Å². The largest absolute Gasteiger partial charge is 0.403 e. The van der Waals surface area contributed by atoms with E-state index in [9.17, 15) is 4.79 Å². The number of carbonyl (C=O) groups is 1. The van der Waals surface area contributed by atoms with Crippen LogP contribution in [-0.2, 0) is 30.2 Å². The molecule has 152 valence electrons. The van der Waals surface area contributed by atoms with Crippen molar-refractivity contribution in [3.05, 3.63) is 64.7 Å². The summed E-state index contributed by atoms with van der Waals surface area (Å²) in [7, 11) is 0. The molecule has 3 rings (SSSR count). The van der Waals surface area contributed by atoms with E-state index in [4.69, 9.17) is 37.0 Å². The van der Waals surface area contributed by atoms with Gasteiger partial charge in [-0.3, -0.25) is 13.8 Å². The molecule has 1 N–H and O–H groups in total. The molecule has 1 amide bonds. The molecule has 0 unspecified atom stereocenters. The van der Waals surface area contributed by atoms with Gasteiger partial charge in [-0.25, -0.2) is 0 Å². The summed E-state index contributed by atoms with van der Waals surface area (Å²) in [6, 6.07) is 14.0. The second-order valence-corrected chi connectivity index (χ2v) is 9.11. The number of rotatable bonds is 7. The minimum Gasteiger partial charge on any atom is -0.403 e. The Kier molecular flexibility index (Phi) is 7.16. The van der Waals surface area contributed by atoms with Crippen molar-refractivity contribution in [1.82, 2.24) is 0 Å². The molecule has 0 fully saturated rings. The number of halogens is 1. The van der Waals surface area contributed by atoms with Crippen LogP contribution in [0.1, 0.15) is 25.0 Å². The fourth-order valence-electron chi connectivity index (χ4n) is 2.53. The molecule has 0 aliphatic carbocycles. The van der Waals surface area contributed by atoms with Crippen molar-refractivity contribution in [2.75, 3.05) is 18.5 Å². The summed E-state index contributed by atoms with van der Waals surface area (Å²) in [6.45, 7) is 1.12. The van der Waals surface area contributed by atoms with Crippen LogP contribution >= 0.6 is 18.3 Å². The molecule has 10 heteroatoms. The number of carbonyl (C=O) groups excluding carboxylic acids is 1. The molecule has 0 bridgehead atoms. The summed E-state index contributed by atoms with van der Waals surface area (Å²) >= 11 is 11.4. The quantitative estimate of drug-likeness (QED) is 0.284. The number of nitrogens with zero attached hydrogens (tertiary/aromatic N) is 2. The van der Waals surface area contributed by atoms with Gasteiger partial charge in [-0.05, 0) is 44.2 Å². The van der Waals surface area contributed by atoms with Gasteiger partial charge in [0.25, 0.3) is 5.91 Å². The molecule has 0 spiro atoms. The van der Waals surface area contributed by atoms with Crippen molar-refractivity contribution in [1.29, 1.82) is 0 Å². The van der Waals surface area contributed by atoms with Gasteiger partial charge in [-0.1, -0.05) is 29.8 Å². The van der Waals surface area contributed by atoms with Crippen LogP contribution in [0, 0.1) is 0 Å². The van der Waals surface area contributed by atoms with Gasteiger partial charge >= 0.3 is 6.72 Å². The van der Waals surface area contributed by atoms with Crippen molar-refractivity contribution >= 4 is 53.3 Å². The van der Waals surface area contributed by atoms with Crippen molar-refractivity contribution in [2.24, 2.45) is 10.2 Å². The monoisotopic (exact) mass is 451 g/mol. The third-order valence-electron chi connectivity index (χ3n) is 3.75. The van der Waals surface area contributed by atoms with E-state index in [0.717, 1.165) is 0 Å². The van der Waals surface area contributed by atoms with Gasteiger partial charge in [0, 0.05) is 28.0 Å². The number of benzene rings is 2. The van der Waals surface area contributed by atoms with E-state index in [-0.39, 0.29) is 17.5 Å². The lowest BCUT2D eigenvalue weighted by atomic mass is 10.1. The van der Waals surface area contributed by atoms with Gasteiger partial charge in [-0.15, -0.1) is 10.2 Å². The number of para-hydroxylation sites is 1. The van der Waals surface area contributed by atoms with Crippen LogP contribution in [0.5, 0.6) is 0 Å². The lowest BCUT2D eigenvalue weighted by Gasteiger charge is -2.21. The first-order valence-electron chi connectivity index (χ1n) is 8.87. The molecule has 29 heavy (non-hydrogen) atoms. The van der Waals surface area contributed by atoms with Crippen molar-refractivity contribution in [3.8, 4) is 0 Å². The van der Waals surface area contributed by atoms with E-state index in [2.05, 4.69) is 15.5 Å². The molecule has 2 aromatic carbocycles. The Morgan fingerprint density at radius 3 is 2.41 bits per heavy atom. The summed E-state index contributed by atoms with van der Waals surface area (Å²) in [4.78, 5) is 12.3. The minimum absolute atomic E-state index is 0.0802. The molecular formula is C19H19ClN3O4PS. The Balaban J connectivity index is 2.02. The molecule has 0 aromatic heterocycles. The number of amides is 1. The van der Waals surface area contributed by atoms with Crippen LogP contribution in [0.4, 0.5) is 5.69 Å². The second-order valence-electron chi connectivity index (χ2n) is 5.73. The van der Waals surface area contributed by atoms with Crippen molar-refractivity contribution in [2.45, 2.75) is 13.8 Å². The summed E-state index contributed by atoms with van der Waals surface area (Å²) < 4.78 is 17.0. The van der Waals surface area contributed by atoms with Crippen LogP contribution in [-0.4, -0.2) is 30.7 Å². The smallest absolute Gasteiger partial charge is 0.381 e. The van der Waals surface area contributed by atoms with E-state index in [1.807, 2.05) is 12.1 Å². The van der Waals surface area contributed by atoms with Crippen LogP contribution in [0.2, 0.25) is 5.02 Å². The Morgan fingerprint density at radius 2 is 1.76 bits per heavy atom.